The molecule has 0 radical (unpaired) electrons. The Kier molecular flexibility index (Phi) is 11.5. The molecule has 0 saturated carbocycles. The van der Waals surface area contributed by atoms with Crippen molar-refractivity contribution in [3.63, 3.8) is 0 Å². The van der Waals surface area contributed by atoms with Gasteiger partial charge in [-0.3, -0.25) is 19.1 Å². The first-order valence-corrected chi connectivity index (χ1v) is 13.7. The van der Waals surface area contributed by atoms with Crippen molar-refractivity contribution >= 4 is 29.7 Å². The zero-order chi connectivity index (χ0) is 26.0. The third kappa shape index (κ3) is 8.81. The van der Waals surface area contributed by atoms with E-state index >= 15 is 0 Å². The third-order valence-corrected chi connectivity index (χ3v) is 6.98. The fourth-order valence-corrected chi connectivity index (χ4v) is 4.52. The summed E-state index contributed by atoms with van der Waals surface area (Å²) in [5.74, 6) is -0.244. The fraction of sp³-hybridized carbons (Fsp3) is 0.654. The van der Waals surface area contributed by atoms with Crippen molar-refractivity contribution in [1.29, 1.82) is 0 Å². The standard InChI is InChI=1S/C26H43N5O3S/c1-19(27-5)24(33)29-23(26(2,3)4)25(34)31-15-10-13-21(31)18-30(22(32)17-28-35-6)16-14-20-11-8-7-9-12-20/h7-9,11-12,19,21,23,27-28H,10,13-18H2,1-6H3,(H,29,33)/t19-,21?,23?/m0/s1. The summed E-state index contributed by atoms with van der Waals surface area (Å²) in [4.78, 5) is 43.1. The molecule has 2 rings (SSSR count). The van der Waals surface area contributed by atoms with Gasteiger partial charge in [0.2, 0.25) is 17.7 Å². The number of benzene rings is 1. The number of likely N-dealkylation sites (tertiary alicyclic amines) is 1. The van der Waals surface area contributed by atoms with Crippen molar-refractivity contribution in [2.75, 3.05) is 39.5 Å². The number of rotatable bonds is 12. The minimum absolute atomic E-state index is 0.0260. The van der Waals surface area contributed by atoms with E-state index in [1.54, 1.807) is 14.0 Å². The van der Waals surface area contributed by atoms with Gasteiger partial charge in [-0.05, 0) is 50.5 Å². The fourth-order valence-electron chi connectivity index (χ4n) is 4.26. The van der Waals surface area contributed by atoms with E-state index in [0.29, 0.717) is 19.6 Å². The van der Waals surface area contributed by atoms with Crippen molar-refractivity contribution in [2.24, 2.45) is 5.41 Å². The SMILES string of the molecule is CN[C@@H](C)C(=O)NC(C(=O)N1CCCC1CN(CCc1ccccc1)C(=O)CNSC)C(C)(C)C. The minimum Gasteiger partial charge on any atom is -0.342 e. The lowest BCUT2D eigenvalue weighted by Gasteiger charge is -2.37. The van der Waals surface area contributed by atoms with Crippen LogP contribution < -0.4 is 15.4 Å². The highest BCUT2D eigenvalue weighted by molar-refractivity contribution is 7.96. The number of carbonyl (C=O) groups is 3. The summed E-state index contributed by atoms with van der Waals surface area (Å²) >= 11 is 1.42. The molecule has 1 saturated heterocycles. The Morgan fingerprint density at radius 1 is 1.20 bits per heavy atom. The lowest BCUT2D eigenvalue weighted by atomic mass is 9.85. The second-order valence-corrected chi connectivity index (χ2v) is 10.9. The molecule has 1 aliphatic heterocycles. The first-order chi connectivity index (χ1) is 16.6. The molecule has 1 aromatic rings. The summed E-state index contributed by atoms with van der Waals surface area (Å²) in [7, 11) is 1.72. The Hall–Kier alpha value is -2.10. The lowest BCUT2D eigenvalue weighted by Crippen LogP contribution is -2.59. The Labute approximate surface area is 215 Å². The molecule has 0 aliphatic carbocycles. The Morgan fingerprint density at radius 3 is 2.49 bits per heavy atom. The van der Waals surface area contributed by atoms with Crippen LogP contribution in [0.2, 0.25) is 0 Å². The molecule has 1 fully saturated rings. The number of hydrogen-bond acceptors (Lipinski definition) is 6. The van der Waals surface area contributed by atoms with Crippen LogP contribution in [0.3, 0.4) is 0 Å². The van der Waals surface area contributed by atoms with Crippen LogP contribution in [0.4, 0.5) is 0 Å². The van der Waals surface area contributed by atoms with Gasteiger partial charge in [0.1, 0.15) is 6.04 Å². The maximum Gasteiger partial charge on any atom is 0.246 e. The van der Waals surface area contributed by atoms with E-state index in [2.05, 4.69) is 27.5 Å². The van der Waals surface area contributed by atoms with Gasteiger partial charge in [-0.1, -0.05) is 63.1 Å². The van der Waals surface area contributed by atoms with Gasteiger partial charge < -0.3 is 20.4 Å². The number of nitrogens with one attached hydrogen (secondary N) is 3. The molecule has 0 spiro atoms. The topological polar surface area (TPSA) is 93.8 Å². The number of carbonyl (C=O) groups excluding carboxylic acids is 3. The zero-order valence-corrected chi connectivity index (χ0v) is 22.9. The monoisotopic (exact) mass is 505 g/mol. The predicted molar refractivity (Wildman–Crippen MR) is 143 cm³/mol. The molecule has 1 heterocycles. The summed E-state index contributed by atoms with van der Waals surface area (Å²) < 4.78 is 3.05. The van der Waals surface area contributed by atoms with E-state index in [-0.39, 0.29) is 30.3 Å². The van der Waals surface area contributed by atoms with Crippen LogP contribution >= 0.6 is 11.9 Å². The number of likely N-dealkylation sites (N-methyl/N-ethyl adjacent to an activating group) is 1. The minimum atomic E-state index is -0.641. The van der Waals surface area contributed by atoms with Gasteiger partial charge in [0.25, 0.3) is 0 Å². The number of nitrogens with zero attached hydrogens (tertiary/aromatic N) is 2. The average Bonchev–Trinajstić information content (AvgIpc) is 3.30. The maximum absolute atomic E-state index is 13.7. The van der Waals surface area contributed by atoms with Crippen LogP contribution in [0.5, 0.6) is 0 Å². The van der Waals surface area contributed by atoms with E-state index in [1.807, 2.05) is 55.0 Å². The van der Waals surface area contributed by atoms with Crippen LogP contribution in [0.15, 0.2) is 30.3 Å². The normalized spacial score (nSPS) is 17.7. The second kappa shape index (κ2) is 13.8. The molecule has 35 heavy (non-hydrogen) atoms. The van der Waals surface area contributed by atoms with Crippen LogP contribution in [-0.4, -0.2) is 85.1 Å². The zero-order valence-electron chi connectivity index (χ0n) is 22.1. The van der Waals surface area contributed by atoms with Crippen molar-refractivity contribution in [1.82, 2.24) is 25.2 Å². The van der Waals surface area contributed by atoms with Crippen molar-refractivity contribution in [3.05, 3.63) is 35.9 Å². The van der Waals surface area contributed by atoms with Crippen LogP contribution in [0.25, 0.3) is 0 Å². The number of hydrogen-bond donors (Lipinski definition) is 3. The molecule has 0 aromatic heterocycles. The van der Waals surface area contributed by atoms with Gasteiger partial charge in [0, 0.05) is 25.7 Å². The van der Waals surface area contributed by atoms with Crippen molar-refractivity contribution < 1.29 is 14.4 Å². The summed E-state index contributed by atoms with van der Waals surface area (Å²) in [5.41, 5.74) is 0.731. The van der Waals surface area contributed by atoms with Gasteiger partial charge in [-0.25, -0.2) is 0 Å². The van der Waals surface area contributed by atoms with Gasteiger partial charge in [0.15, 0.2) is 0 Å². The molecule has 3 amide bonds. The second-order valence-electron chi connectivity index (χ2n) is 10.2. The van der Waals surface area contributed by atoms with Crippen LogP contribution in [0, 0.1) is 5.41 Å². The molecule has 1 aliphatic rings. The van der Waals surface area contributed by atoms with E-state index in [0.717, 1.165) is 19.3 Å². The van der Waals surface area contributed by atoms with Crippen LogP contribution in [-0.2, 0) is 20.8 Å². The predicted octanol–water partition coefficient (Wildman–Crippen LogP) is 2.06. The number of amides is 3. The summed E-state index contributed by atoms with van der Waals surface area (Å²) in [6.07, 6.45) is 4.39. The molecule has 8 nitrogen and oxygen atoms in total. The van der Waals surface area contributed by atoms with E-state index in [9.17, 15) is 14.4 Å². The highest BCUT2D eigenvalue weighted by atomic mass is 32.2. The van der Waals surface area contributed by atoms with E-state index in [4.69, 9.17) is 0 Å². The van der Waals surface area contributed by atoms with E-state index < -0.39 is 17.5 Å². The quantitative estimate of drug-likeness (QED) is 0.377. The van der Waals surface area contributed by atoms with Crippen molar-refractivity contribution in [2.45, 2.75) is 65.1 Å². The highest BCUT2D eigenvalue weighted by Crippen LogP contribution is 2.26. The lowest BCUT2D eigenvalue weighted by molar-refractivity contribution is -0.142. The molecular weight excluding hydrogens is 462 g/mol. The average molecular weight is 506 g/mol. The van der Waals surface area contributed by atoms with Crippen molar-refractivity contribution in [3.8, 4) is 0 Å². The Morgan fingerprint density at radius 2 is 1.89 bits per heavy atom. The molecule has 3 atom stereocenters. The molecule has 3 N–H and O–H groups in total. The largest absolute Gasteiger partial charge is 0.342 e. The molecule has 1 aromatic carbocycles. The molecule has 2 unspecified atom stereocenters. The Bertz CT molecular complexity index is 830. The molecule has 9 heteroatoms. The third-order valence-electron chi connectivity index (χ3n) is 6.55. The first-order valence-electron chi connectivity index (χ1n) is 12.4. The Balaban J connectivity index is 2.16. The maximum atomic E-state index is 13.7. The van der Waals surface area contributed by atoms with Gasteiger partial charge >= 0.3 is 0 Å². The highest BCUT2D eigenvalue weighted by Gasteiger charge is 2.40. The summed E-state index contributed by atoms with van der Waals surface area (Å²) in [6, 6.07) is 9.02. The summed E-state index contributed by atoms with van der Waals surface area (Å²) in [5, 5.41) is 5.90. The van der Waals surface area contributed by atoms with Gasteiger partial charge in [-0.2, -0.15) is 0 Å². The first kappa shape index (κ1) is 29.1. The summed E-state index contributed by atoms with van der Waals surface area (Å²) in [6.45, 7) is 9.65. The van der Waals surface area contributed by atoms with Gasteiger partial charge in [0.05, 0.1) is 12.6 Å². The van der Waals surface area contributed by atoms with Gasteiger partial charge in [-0.15, -0.1) is 0 Å². The van der Waals surface area contributed by atoms with Crippen LogP contribution in [0.1, 0.15) is 46.1 Å². The molecule has 196 valence electrons. The van der Waals surface area contributed by atoms with E-state index in [1.165, 1.54) is 17.5 Å². The molecular formula is C26H43N5O3S. The smallest absolute Gasteiger partial charge is 0.246 e. The molecule has 0 bridgehead atoms.